The Kier molecular flexibility index (Phi) is 2.47. The Morgan fingerprint density at radius 2 is 2.00 bits per heavy atom. The molecule has 0 saturated carbocycles. The van der Waals surface area contributed by atoms with Gasteiger partial charge in [-0.05, 0) is 24.3 Å². The first-order valence-electron chi connectivity index (χ1n) is 5.40. The topological polar surface area (TPSA) is 30.2 Å². The third-order valence-electron chi connectivity index (χ3n) is 2.98. The molecular formula is C12H17N3. The lowest BCUT2D eigenvalue weighted by atomic mass is 9.92. The van der Waals surface area contributed by atoms with Crippen LogP contribution in [-0.4, -0.2) is 14.6 Å². The smallest absolute Gasteiger partial charge is 0.155 e. The van der Waals surface area contributed by atoms with E-state index in [2.05, 4.69) is 37.1 Å². The molecule has 1 atom stereocenters. The number of hydrogen-bond donors (Lipinski definition) is 0. The molecule has 0 fully saturated rings. The van der Waals surface area contributed by atoms with Crippen LogP contribution in [0.15, 0.2) is 18.5 Å². The van der Waals surface area contributed by atoms with Crippen LogP contribution in [-0.2, 0) is 0 Å². The van der Waals surface area contributed by atoms with Crippen molar-refractivity contribution in [2.75, 3.05) is 0 Å². The van der Waals surface area contributed by atoms with E-state index in [4.69, 9.17) is 0 Å². The van der Waals surface area contributed by atoms with E-state index in [1.54, 1.807) is 0 Å². The molecule has 0 aliphatic rings. The zero-order valence-electron chi connectivity index (χ0n) is 9.73. The summed E-state index contributed by atoms with van der Waals surface area (Å²) in [6, 6.07) is 1.99. The van der Waals surface area contributed by atoms with Gasteiger partial charge in [0.15, 0.2) is 5.65 Å². The molecule has 15 heavy (non-hydrogen) atoms. The Hall–Kier alpha value is -1.38. The maximum Gasteiger partial charge on any atom is 0.155 e. The van der Waals surface area contributed by atoms with E-state index in [-0.39, 0.29) is 0 Å². The van der Waals surface area contributed by atoms with E-state index in [0.29, 0.717) is 11.8 Å². The second-order valence-corrected chi connectivity index (χ2v) is 4.51. The number of aryl methyl sites for hydroxylation is 1. The average Bonchev–Trinajstić information content (AvgIpc) is 2.55. The molecule has 3 heteroatoms. The predicted molar refractivity (Wildman–Crippen MR) is 61.0 cm³/mol. The van der Waals surface area contributed by atoms with Crippen molar-refractivity contribution in [1.82, 2.24) is 14.6 Å². The lowest BCUT2D eigenvalue weighted by molar-refractivity contribution is 0.530. The van der Waals surface area contributed by atoms with Crippen molar-refractivity contribution in [3.05, 3.63) is 29.7 Å². The average molecular weight is 203 g/mol. The zero-order chi connectivity index (χ0) is 11.0. The standard InChI is InChI=1S/C12H17N3/c1-8(2)10(4)11-6-13-12-5-9(3)14-15(12)7-11/h5-8,10H,1-4H3. The number of rotatable bonds is 2. The molecule has 0 bridgehead atoms. The van der Waals surface area contributed by atoms with Crippen molar-refractivity contribution < 1.29 is 0 Å². The highest BCUT2D eigenvalue weighted by Crippen LogP contribution is 2.22. The molecule has 0 spiro atoms. The van der Waals surface area contributed by atoms with E-state index < -0.39 is 0 Å². The van der Waals surface area contributed by atoms with Gasteiger partial charge in [-0.2, -0.15) is 5.10 Å². The van der Waals surface area contributed by atoms with Crippen LogP contribution in [0.25, 0.3) is 5.65 Å². The van der Waals surface area contributed by atoms with E-state index in [0.717, 1.165) is 11.3 Å². The van der Waals surface area contributed by atoms with Crippen LogP contribution in [0, 0.1) is 12.8 Å². The molecule has 0 aliphatic carbocycles. The number of fused-ring (bicyclic) bond motifs is 1. The second-order valence-electron chi connectivity index (χ2n) is 4.51. The molecule has 0 N–H and O–H groups in total. The van der Waals surface area contributed by atoms with Gasteiger partial charge in [-0.15, -0.1) is 0 Å². The van der Waals surface area contributed by atoms with Crippen LogP contribution in [0.2, 0.25) is 0 Å². The number of hydrogen-bond acceptors (Lipinski definition) is 2. The third-order valence-corrected chi connectivity index (χ3v) is 2.98. The summed E-state index contributed by atoms with van der Waals surface area (Å²) in [6.45, 7) is 8.66. The van der Waals surface area contributed by atoms with Gasteiger partial charge < -0.3 is 0 Å². The summed E-state index contributed by atoms with van der Waals surface area (Å²) in [7, 11) is 0. The normalized spacial score (nSPS) is 13.7. The first-order valence-corrected chi connectivity index (χ1v) is 5.40. The van der Waals surface area contributed by atoms with Gasteiger partial charge in [-0.1, -0.05) is 20.8 Å². The molecule has 0 aliphatic heterocycles. The second kappa shape index (κ2) is 3.65. The monoisotopic (exact) mass is 203 g/mol. The Bertz CT molecular complexity index is 471. The summed E-state index contributed by atoms with van der Waals surface area (Å²) in [4.78, 5) is 4.41. The van der Waals surface area contributed by atoms with Crippen molar-refractivity contribution in [2.24, 2.45) is 5.92 Å². The van der Waals surface area contributed by atoms with Gasteiger partial charge in [0.05, 0.1) is 5.69 Å². The maximum atomic E-state index is 4.41. The van der Waals surface area contributed by atoms with Crippen LogP contribution in [0.4, 0.5) is 0 Å². The fraction of sp³-hybridized carbons (Fsp3) is 0.500. The SMILES string of the molecule is Cc1cc2ncc(C(C)C(C)C)cn2n1. The Morgan fingerprint density at radius 1 is 1.27 bits per heavy atom. The van der Waals surface area contributed by atoms with Gasteiger partial charge in [0.1, 0.15) is 0 Å². The quantitative estimate of drug-likeness (QED) is 0.751. The minimum Gasteiger partial charge on any atom is -0.237 e. The molecule has 1 unspecified atom stereocenters. The summed E-state index contributed by atoms with van der Waals surface area (Å²) >= 11 is 0. The molecule has 2 heterocycles. The van der Waals surface area contributed by atoms with Crippen molar-refractivity contribution in [2.45, 2.75) is 33.6 Å². The van der Waals surface area contributed by atoms with Crippen LogP contribution in [0.3, 0.4) is 0 Å². The van der Waals surface area contributed by atoms with E-state index in [9.17, 15) is 0 Å². The number of aromatic nitrogens is 3. The van der Waals surface area contributed by atoms with Gasteiger partial charge in [-0.25, -0.2) is 9.50 Å². The van der Waals surface area contributed by atoms with E-state index >= 15 is 0 Å². The molecule has 2 aromatic rings. The highest BCUT2D eigenvalue weighted by Gasteiger charge is 2.11. The van der Waals surface area contributed by atoms with Gasteiger partial charge in [0.2, 0.25) is 0 Å². The molecule has 0 aromatic carbocycles. The maximum absolute atomic E-state index is 4.41. The van der Waals surface area contributed by atoms with Gasteiger partial charge in [0.25, 0.3) is 0 Å². The fourth-order valence-corrected chi connectivity index (χ4v) is 1.63. The molecule has 0 radical (unpaired) electrons. The van der Waals surface area contributed by atoms with Crippen molar-refractivity contribution >= 4 is 5.65 Å². The molecule has 2 aromatic heterocycles. The fourth-order valence-electron chi connectivity index (χ4n) is 1.63. The molecule has 3 nitrogen and oxygen atoms in total. The third kappa shape index (κ3) is 1.87. The Balaban J connectivity index is 2.46. The van der Waals surface area contributed by atoms with Crippen LogP contribution in [0.5, 0.6) is 0 Å². The molecule has 0 amide bonds. The summed E-state index contributed by atoms with van der Waals surface area (Å²) in [6.07, 6.45) is 4.04. The lowest BCUT2D eigenvalue weighted by Crippen LogP contribution is -2.04. The summed E-state index contributed by atoms with van der Waals surface area (Å²) < 4.78 is 1.86. The van der Waals surface area contributed by atoms with Gasteiger partial charge in [0, 0.05) is 18.5 Å². The molecule has 0 saturated heterocycles. The van der Waals surface area contributed by atoms with E-state index in [1.807, 2.05) is 23.7 Å². The summed E-state index contributed by atoms with van der Waals surface area (Å²) in [5, 5.41) is 4.37. The Labute approximate surface area is 90.1 Å². The molecule has 80 valence electrons. The van der Waals surface area contributed by atoms with Crippen LogP contribution >= 0.6 is 0 Å². The highest BCUT2D eigenvalue weighted by molar-refractivity contribution is 5.39. The summed E-state index contributed by atoms with van der Waals surface area (Å²) in [5.41, 5.74) is 3.18. The van der Waals surface area contributed by atoms with Gasteiger partial charge in [-0.3, -0.25) is 0 Å². The van der Waals surface area contributed by atoms with Gasteiger partial charge >= 0.3 is 0 Å². The first kappa shape index (κ1) is 10.1. The highest BCUT2D eigenvalue weighted by atomic mass is 15.2. The largest absolute Gasteiger partial charge is 0.237 e. The molecule has 2 rings (SSSR count). The predicted octanol–water partition coefficient (Wildman–Crippen LogP) is 2.80. The zero-order valence-corrected chi connectivity index (χ0v) is 9.73. The van der Waals surface area contributed by atoms with E-state index in [1.165, 1.54) is 5.56 Å². The van der Waals surface area contributed by atoms with Crippen molar-refractivity contribution in [3.63, 3.8) is 0 Å². The minimum atomic E-state index is 0.520. The summed E-state index contributed by atoms with van der Waals surface area (Å²) in [5.74, 6) is 1.15. The van der Waals surface area contributed by atoms with Crippen LogP contribution < -0.4 is 0 Å². The first-order chi connectivity index (χ1) is 7.08. The van der Waals surface area contributed by atoms with Crippen LogP contribution in [0.1, 0.15) is 37.9 Å². The van der Waals surface area contributed by atoms with Crippen molar-refractivity contribution in [3.8, 4) is 0 Å². The lowest BCUT2D eigenvalue weighted by Gasteiger charge is -2.15. The minimum absolute atomic E-state index is 0.520. The Morgan fingerprint density at radius 3 is 2.67 bits per heavy atom. The van der Waals surface area contributed by atoms with Crippen molar-refractivity contribution in [1.29, 1.82) is 0 Å². The molecular weight excluding hydrogens is 186 g/mol. The number of nitrogens with zero attached hydrogens (tertiary/aromatic N) is 3.